The highest BCUT2D eigenvalue weighted by Crippen LogP contribution is 2.25. The van der Waals surface area contributed by atoms with Gasteiger partial charge in [-0.1, -0.05) is 0 Å². The zero-order valence-electron chi connectivity index (χ0n) is 12.8. The van der Waals surface area contributed by atoms with E-state index in [9.17, 15) is 8.42 Å². The Morgan fingerprint density at radius 2 is 2.30 bits per heavy atom. The van der Waals surface area contributed by atoms with Gasteiger partial charge in [-0.05, 0) is 42.4 Å². The number of aromatic nitrogens is 1. The first-order valence-corrected chi connectivity index (χ1v) is 9.60. The summed E-state index contributed by atoms with van der Waals surface area (Å²) in [7, 11) is -3.24. The predicted octanol–water partition coefficient (Wildman–Crippen LogP) is 1.06. The SMILES string of the molecule is CS(=O)(=O)c1ccc2[nH]cc(C[C@H]3COCCN3C(N)=S)c2c1. The largest absolute Gasteiger partial charge is 0.377 e. The lowest BCUT2D eigenvalue weighted by Crippen LogP contribution is -2.51. The summed E-state index contributed by atoms with van der Waals surface area (Å²) >= 11 is 5.11. The summed E-state index contributed by atoms with van der Waals surface area (Å²) < 4.78 is 29.1. The molecule has 0 aliphatic carbocycles. The summed E-state index contributed by atoms with van der Waals surface area (Å²) in [6.45, 7) is 1.84. The molecular weight excluding hydrogens is 334 g/mol. The number of rotatable bonds is 3. The molecule has 1 fully saturated rings. The average Bonchev–Trinajstić information content (AvgIpc) is 2.89. The van der Waals surface area contributed by atoms with Crippen molar-refractivity contribution in [3.05, 3.63) is 30.0 Å². The van der Waals surface area contributed by atoms with Crippen molar-refractivity contribution in [1.82, 2.24) is 9.88 Å². The van der Waals surface area contributed by atoms with E-state index in [-0.39, 0.29) is 6.04 Å². The molecule has 0 unspecified atom stereocenters. The molecular formula is C15H19N3O3S2. The van der Waals surface area contributed by atoms with E-state index in [0.717, 1.165) is 16.5 Å². The van der Waals surface area contributed by atoms with Gasteiger partial charge in [-0.25, -0.2) is 8.42 Å². The number of thiocarbonyl (C=S) groups is 1. The van der Waals surface area contributed by atoms with Crippen LogP contribution < -0.4 is 5.73 Å². The highest BCUT2D eigenvalue weighted by atomic mass is 32.2. The minimum absolute atomic E-state index is 0.0575. The van der Waals surface area contributed by atoms with E-state index in [1.807, 2.05) is 11.1 Å². The zero-order chi connectivity index (χ0) is 16.6. The number of ether oxygens (including phenoxy) is 1. The third-order valence-electron chi connectivity index (χ3n) is 4.13. The standard InChI is InChI=1S/C15H19N3O3S2/c1-23(19,20)12-2-3-14-13(7-12)10(8-17-14)6-11-9-21-5-4-18(11)15(16)22/h2-3,7-8,11,17H,4-6,9H2,1H3,(H2,16,22)/t11-/m0/s1. The van der Waals surface area contributed by atoms with Crippen LogP contribution in [0.4, 0.5) is 0 Å². The van der Waals surface area contributed by atoms with Crippen molar-refractivity contribution < 1.29 is 13.2 Å². The van der Waals surface area contributed by atoms with Crippen molar-refractivity contribution in [2.24, 2.45) is 5.73 Å². The lowest BCUT2D eigenvalue weighted by molar-refractivity contribution is 0.0274. The molecule has 0 saturated carbocycles. The van der Waals surface area contributed by atoms with E-state index in [4.69, 9.17) is 22.7 Å². The molecule has 1 aliphatic rings. The van der Waals surface area contributed by atoms with Gasteiger partial charge in [0.25, 0.3) is 0 Å². The van der Waals surface area contributed by atoms with Crippen LogP contribution >= 0.6 is 12.2 Å². The van der Waals surface area contributed by atoms with Gasteiger partial charge in [0, 0.05) is 29.9 Å². The average molecular weight is 353 g/mol. The number of benzene rings is 1. The number of nitrogens with one attached hydrogen (secondary N) is 1. The number of sulfone groups is 1. The summed E-state index contributed by atoms with van der Waals surface area (Å²) in [5.74, 6) is 0. The summed E-state index contributed by atoms with van der Waals surface area (Å²) in [4.78, 5) is 5.47. The molecule has 23 heavy (non-hydrogen) atoms. The summed E-state index contributed by atoms with van der Waals surface area (Å²) in [5, 5.41) is 1.27. The highest BCUT2D eigenvalue weighted by Gasteiger charge is 2.25. The first kappa shape index (κ1) is 16.2. The molecule has 0 amide bonds. The fourth-order valence-electron chi connectivity index (χ4n) is 2.92. The molecule has 3 N–H and O–H groups in total. The molecule has 1 aromatic heterocycles. The molecule has 6 nitrogen and oxygen atoms in total. The Morgan fingerprint density at radius 1 is 1.52 bits per heavy atom. The maximum atomic E-state index is 11.8. The molecule has 3 rings (SSSR count). The van der Waals surface area contributed by atoms with Crippen LogP contribution in [-0.4, -0.2) is 55.5 Å². The van der Waals surface area contributed by atoms with Gasteiger partial charge in [0.05, 0.1) is 24.2 Å². The van der Waals surface area contributed by atoms with E-state index in [1.165, 1.54) is 6.26 Å². The normalized spacial score (nSPS) is 19.2. The molecule has 124 valence electrons. The first-order chi connectivity index (χ1) is 10.9. The number of aromatic amines is 1. The van der Waals surface area contributed by atoms with E-state index in [2.05, 4.69) is 4.98 Å². The van der Waals surface area contributed by atoms with Crippen molar-refractivity contribution in [3.8, 4) is 0 Å². The molecule has 1 saturated heterocycles. The van der Waals surface area contributed by atoms with Crippen LogP contribution in [0.15, 0.2) is 29.3 Å². The second-order valence-corrected chi connectivity index (χ2v) is 8.19. The second kappa shape index (κ2) is 6.10. The first-order valence-electron chi connectivity index (χ1n) is 7.30. The van der Waals surface area contributed by atoms with Crippen LogP contribution in [0.25, 0.3) is 10.9 Å². The second-order valence-electron chi connectivity index (χ2n) is 5.76. The predicted molar refractivity (Wildman–Crippen MR) is 93.2 cm³/mol. The van der Waals surface area contributed by atoms with Gasteiger partial charge in [0.1, 0.15) is 0 Å². The van der Waals surface area contributed by atoms with Crippen molar-refractivity contribution in [1.29, 1.82) is 0 Å². The van der Waals surface area contributed by atoms with Crippen molar-refractivity contribution in [2.75, 3.05) is 26.0 Å². The highest BCUT2D eigenvalue weighted by molar-refractivity contribution is 7.90. The van der Waals surface area contributed by atoms with Gasteiger partial charge in [-0.15, -0.1) is 0 Å². The van der Waals surface area contributed by atoms with E-state index >= 15 is 0 Å². The fraction of sp³-hybridized carbons (Fsp3) is 0.400. The van der Waals surface area contributed by atoms with Crippen LogP contribution in [-0.2, 0) is 21.0 Å². The van der Waals surface area contributed by atoms with Crippen LogP contribution in [0.5, 0.6) is 0 Å². The van der Waals surface area contributed by atoms with Gasteiger partial charge in [-0.2, -0.15) is 0 Å². The van der Waals surface area contributed by atoms with Gasteiger partial charge in [-0.3, -0.25) is 0 Å². The minimum atomic E-state index is -3.24. The Bertz CT molecular complexity index is 845. The Kier molecular flexibility index (Phi) is 4.31. The van der Waals surface area contributed by atoms with E-state index < -0.39 is 9.84 Å². The quantitative estimate of drug-likeness (QED) is 0.802. The summed E-state index contributed by atoms with van der Waals surface area (Å²) in [5.41, 5.74) is 7.73. The third kappa shape index (κ3) is 3.34. The summed E-state index contributed by atoms with van der Waals surface area (Å²) in [6.07, 6.45) is 3.80. The van der Waals surface area contributed by atoms with Crippen LogP contribution in [0.3, 0.4) is 0 Å². The van der Waals surface area contributed by atoms with Crippen LogP contribution in [0.1, 0.15) is 5.56 Å². The van der Waals surface area contributed by atoms with Crippen molar-refractivity contribution in [3.63, 3.8) is 0 Å². The van der Waals surface area contributed by atoms with Crippen LogP contribution in [0.2, 0.25) is 0 Å². The number of nitrogens with zero attached hydrogens (tertiary/aromatic N) is 1. The number of morpholine rings is 1. The molecule has 1 aliphatic heterocycles. The number of H-pyrrole nitrogens is 1. The number of hydrogen-bond donors (Lipinski definition) is 2. The number of nitrogens with two attached hydrogens (primary N) is 1. The van der Waals surface area contributed by atoms with E-state index in [1.54, 1.807) is 18.2 Å². The zero-order valence-corrected chi connectivity index (χ0v) is 14.4. The molecule has 8 heteroatoms. The monoisotopic (exact) mass is 353 g/mol. The number of fused-ring (bicyclic) bond motifs is 1. The van der Waals surface area contributed by atoms with Gasteiger partial charge >= 0.3 is 0 Å². The van der Waals surface area contributed by atoms with Crippen molar-refractivity contribution >= 4 is 38.1 Å². The molecule has 2 aromatic rings. The Labute approximate surface area is 140 Å². The Hall–Kier alpha value is -1.64. The molecule has 0 bridgehead atoms. The lowest BCUT2D eigenvalue weighted by atomic mass is 10.0. The van der Waals surface area contributed by atoms with Gasteiger partial charge < -0.3 is 20.4 Å². The molecule has 2 heterocycles. The molecule has 0 spiro atoms. The Balaban J connectivity index is 1.95. The smallest absolute Gasteiger partial charge is 0.175 e. The third-order valence-corrected chi connectivity index (χ3v) is 5.48. The van der Waals surface area contributed by atoms with Gasteiger partial charge in [0.15, 0.2) is 14.9 Å². The molecule has 1 aromatic carbocycles. The van der Waals surface area contributed by atoms with E-state index in [0.29, 0.717) is 36.2 Å². The Morgan fingerprint density at radius 3 is 3.00 bits per heavy atom. The van der Waals surface area contributed by atoms with Crippen LogP contribution in [0, 0.1) is 0 Å². The molecule has 0 radical (unpaired) electrons. The van der Waals surface area contributed by atoms with Crippen molar-refractivity contribution in [2.45, 2.75) is 17.4 Å². The maximum absolute atomic E-state index is 11.8. The molecule has 1 atom stereocenters. The summed E-state index contributed by atoms with van der Waals surface area (Å²) in [6, 6.07) is 5.17. The maximum Gasteiger partial charge on any atom is 0.175 e. The fourth-order valence-corrected chi connectivity index (χ4v) is 3.81. The van der Waals surface area contributed by atoms with Gasteiger partial charge in [0.2, 0.25) is 0 Å². The lowest BCUT2D eigenvalue weighted by Gasteiger charge is -2.36. The minimum Gasteiger partial charge on any atom is -0.377 e. The topological polar surface area (TPSA) is 88.4 Å². The number of hydrogen-bond acceptors (Lipinski definition) is 4.